The van der Waals surface area contributed by atoms with Gasteiger partial charge < -0.3 is 24.2 Å². The summed E-state index contributed by atoms with van der Waals surface area (Å²) in [4.78, 5) is 19.5. The Morgan fingerprint density at radius 3 is 2.56 bits per heavy atom. The maximum absolute atomic E-state index is 12.5. The van der Waals surface area contributed by atoms with E-state index >= 15 is 0 Å². The van der Waals surface area contributed by atoms with Gasteiger partial charge in [-0.05, 0) is 104 Å². The molecule has 1 saturated heterocycles. The number of rotatable bonds is 12. The smallest absolute Gasteiger partial charge is 0.409 e. The highest BCUT2D eigenvalue weighted by atomic mass is 16.6. The Morgan fingerprint density at radius 1 is 0.958 bits per heavy atom. The first kappa shape index (κ1) is 32.3. The Balaban J connectivity index is 1.07. The summed E-state index contributed by atoms with van der Waals surface area (Å²) < 4.78 is 19.4. The van der Waals surface area contributed by atoms with Crippen molar-refractivity contribution in [3.8, 4) is 22.8 Å². The standard InChI is InChI=1S/C39H46N4O5/c1-3-27-21-31(14-15-32(27)28-17-19-42(20-18-28)39(45)47-23-26-11-12-26)48-36-16-13-29-7-5-8-33(38(29)36)34-9-6-10-37(41-34)43-35(4-2)30(22-40-43)24-46-25-44/h5-10,14-15,21-22,26,28,36,44H,3-4,11-13,16-20,23-25H2,1-2H3/t36-/m0/s1. The van der Waals surface area contributed by atoms with Crippen molar-refractivity contribution >= 4 is 6.09 Å². The number of carbonyl (C=O) groups is 1. The van der Waals surface area contributed by atoms with E-state index in [0.29, 0.717) is 25.0 Å². The van der Waals surface area contributed by atoms with Crippen LogP contribution in [0.4, 0.5) is 4.79 Å². The van der Waals surface area contributed by atoms with Gasteiger partial charge in [0.2, 0.25) is 0 Å². The quantitative estimate of drug-likeness (QED) is 0.161. The molecule has 3 heterocycles. The van der Waals surface area contributed by atoms with Gasteiger partial charge in [-0.15, -0.1) is 0 Å². The summed E-state index contributed by atoms with van der Waals surface area (Å²) in [5.74, 6) is 2.66. The van der Waals surface area contributed by atoms with Crippen LogP contribution >= 0.6 is 0 Å². The number of benzene rings is 2. The molecule has 0 bridgehead atoms. The maximum atomic E-state index is 12.5. The first-order valence-electron chi connectivity index (χ1n) is 17.6. The van der Waals surface area contributed by atoms with E-state index in [-0.39, 0.29) is 19.0 Å². The molecule has 2 aromatic carbocycles. The molecule has 1 atom stereocenters. The van der Waals surface area contributed by atoms with Gasteiger partial charge in [0.1, 0.15) is 18.6 Å². The fourth-order valence-electron chi connectivity index (χ4n) is 7.39. The Kier molecular flexibility index (Phi) is 9.77. The molecule has 9 heteroatoms. The topological polar surface area (TPSA) is 98.9 Å². The predicted octanol–water partition coefficient (Wildman–Crippen LogP) is 7.32. The normalized spacial score (nSPS) is 17.8. The Labute approximate surface area is 282 Å². The van der Waals surface area contributed by atoms with E-state index in [1.165, 1.54) is 35.1 Å². The van der Waals surface area contributed by atoms with Gasteiger partial charge in [-0.2, -0.15) is 5.10 Å². The van der Waals surface area contributed by atoms with Crippen LogP contribution in [-0.4, -0.2) is 57.4 Å². The molecule has 1 saturated carbocycles. The van der Waals surface area contributed by atoms with Crippen LogP contribution in [-0.2, 0) is 35.3 Å². The summed E-state index contributed by atoms with van der Waals surface area (Å²) >= 11 is 0. The number of aliphatic hydroxyl groups is 1. The third kappa shape index (κ3) is 6.84. The van der Waals surface area contributed by atoms with Crippen molar-refractivity contribution in [1.29, 1.82) is 0 Å². The van der Waals surface area contributed by atoms with Crippen molar-refractivity contribution in [2.75, 3.05) is 26.5 Å². The highest BCUT2D eigenvalue weighted by Gasteiger charge is 2.30. The fraction of sp³-hybridized carbons (Fsp3) is 0.462. The van der Waals surface area contributed by atoms with Crippen LogP contribution in [0.2, 0.25) is 0 Å². The molecule has 2 aromatic heterocycles. The van der Waals surface area contributed by atoms with Gasteiger partial charge in [-0.1, -0.05) is 44.2 Å². The molecular weight excluding hydrogens is 604 g/mol. The van der Waals surface area contributed by atoms with E-state index in [1.54, 1.807) is 6.20 Å². The van der Waals surface area contributed by atoms with Gasteiger partial charge in [0.25, 0.3) is 0 Å². The number of piperidine rings is 1. The van der Waals surface area contributed by atoms with Crippen LogP contribution in [0.15, 0.2) is 60.8 Å². The van der Waals surface area contributed by atoms with Crippen LogP contribution in [0.25, 0.3) is 17.1 Å². The minimum Gasteiger partial charge on any atom is -0.486 e. The number of carbonyl (C=O) groups excluding carboxylic acids is 1. The van der Waals surface area contributed by atoms with Crippen LogP contribution in [0.3, 0.4) is 0 Å². The fourth-order valence-corrected chi connectivity index (χ4v) is 7.39. The van der Waals surface area contributed by atoms with Crippen molar-refractivity contribution in [2.24, 2.45) is 5.92 Å². The Hall–Kier alpha value is -4.21. The van der Waals surface area contributed by atoms with E-state index in [9.17, 15) is 4.79 Å². The first-order valence-corrected chi connectivity index (χ1v) is 17.6. The van der Waals surface area contributed by atoms with Crippen molar-refractivity contribution in [3.05, 3.63) is 94.3 Å². The molecule has 0 spiro atoms. The van der Waals surface area contributed by atoms with Gasteiger partial charge in [0, 0.05) is 29.8 Å². The lowest BCUT2D eigenvalue weighted by molar-refractivity contribution is -0.0114. The summed E-state index contributed by atoms with van der Waals surface area (Å²) in [5, 5.41) is 13.7. The van der Waals surface area contributed by atoms with Gasteiger partial charge >= 0.3 is 6.09 Å². The average Bonchev–Trinajstić information content (AvgIpc) is 3.74. The monoisotopic (exact) mass is 650 g/mol. The number of hydrogen-bond donors (Lipinski definition) is 1. The summed E-state index contributed by atoms with van der Waals surface area (Å²) in [6, 6.07) is 19.1. The number of hydrogen-bond acceptors (Lipinski definition) is 7. The Bertz CT molecular complexity index is 1740. The van der Waals surface area contributed by atoms with E-state index in [1.807, 2.05) is 21.7 Å². The highest BCUT2D eigenvalue weighted by molar-refractivity contribution is 5.68. The zero-order valence-electron chi connectivity index (χ0n) is 28.1. The molecular formula is C39H46N4O5. The van der Waals surface area contributed by atoms with Crippen LogP contribution < -0.4 is 4.74 Å². The number of likely N-dealkylation sites (tertiary alicyclic amines) is 1. The van der Waals surface area contributed by atoms with Crippen molar-refractivity contribution in [3.63, 3.8) is 0 Å². The minimum atomic E-state index is -0.326. The number of fused-ring (bicyclic) bond motifs is 1. The number of pyridine rings is 1. The van der Waals surface area contributed by atoms with Crippen LogP contribution in [0.1, 0.15) is 91.5 Å². The molecule has 1 aliphatic heterocycles. The lowest BCUT2D eigenvalue weighted by atomic mass is 9.86. The zero-order chi connectivity index (χ0) is 33.0. The van der Waals surface area contributed by atoms with E-state index in [2.05, 4.69) is 61.4 Å². The summed E-state index contributed by atoms with van der Waals surface area (Å²) in [6.45, 7) is 6.33. The number of aromatic nitrogens is 3. The lowest BCUT2D eigenvalue weighted by Crippen LogP contribution is -2.38. The van der Waals surface area contributed by atoms with Crippen molar-refractivity contribution in [1.82, 2.24) is 19.7 Å². The van der Waals surface area contributed by atoms with Crippen LogP contribution in [0.5, 0.6) is 5.75 Å². The predicted molar refractivity (Wildman–Crippen MR) is 183 cm³/mol. The molecule has 2 aliphatic carbocycles. The SMILES string of the molecule is CCc1cc(O[C@H]2CCc3cccc(-c4cccc(-n5ncc(COCO)c5CC)n4)c32)ccc1C1CCN(C(=O)OCC2CC2)CC1. The number of aryl methyl sites for hydroxylation is 2. The molecule has 2 fully saturated rings. The summed E-state index contributed by atoms with van der Waals surface area (Å²) in [6.07, 6.45) is 9.42. The molecule has 7 rings (SSSR count). The molecule has 1 amide bonds. The van der Waals surface area contributed by atoms with Gasteiger partial charge in [0.05, 0.1) is 30.8 Å². The van der Waals surface area contributed by atoms with E-state index < -0.39 is 0 Å². The largest absolute Gasteiger partial charge is 0.486 e. The lowest BCUT2D eigenvalue weighted by Gasteiger charge is -2.32. The van der Waals surface area contributed by atoms with E-state index in [4.69, 9.17) is 24.3 Å². The zero-order valence-corrected chi connectivity index (χ0v) is 28.1. The van der Waals surface area contributed by atoms with Gasteiger partial charge in [-0.3, -0.25) is 0 Å². The first-order chi connectivity index (χ1) is 23.6. The molecule has 3 aliphatic rings. The average molecular weight is 651 g/mol. The third-order valence-electron chi connectivity index (χ3n) is 10.2. The van der Waals surface area contributed by atoms with Gasteiger partial charge in [-0.25, -0.2) is 14.5 Å². The second kappa shape index (κ2) is 14.5. The molecule has 9 nitrogen and oxygen atoms in total. The molecule has 48 heavy (non-hydrogen) atoms. The number of aliphatic hydroxyl groups excluding tert-OH is 1. The summed E-state index contributed by atoms with van der Waals surface area (Å²) in [7, 11) is 0. The second-order valence-electron chi connectivity index (χ2n) is 13.3. The van der Waals surface area contributed by atoms with Crippen molar-refractivity contribution in [2.45, 2.75) is 83.8 Å². The number of amides is 1. The molecule has 1 N–H and O–H groups in total. The maximum Gasteiger partial charge on any atom is 0.409 e. The molecule has 0 unspecified atom stereocenters. The molecule has 0 radical (unpaired) electrons. The van der Waals surface area contributed by atoms with Crippen LogP contribution in [0, 0.1) is 5.92 Å². The minimum absolute atomic E-state index is 0.0692. The Morgan fingerprint density at radius 2 is 1.79 bits per heavy atom. The summed E-state index contributed by atoms with van der Waals surface area (Å²) in [5.41, 5.74) is 9.13. The molecule has 252 valence electrons. The van der Waals surface area contributed by atoms with Gasteiger partial charge in [0.15, 0.2) is 5.82 Å². The number of nitrogens with zero attached hydrogens (tertiary/aromatic N) is 4. The van der Waals surface area contributed by atoms with Crippen molar-refractivity contribution < 1.29 is 24.1 Å². The van der Waals surface area contributed by atoms with E-state index in [0.717, 1.165) is 85.7 Å². The second-order valence-corrected chi connectivity index (χ2v) is 13.3. The highest BCUT2D eigenvalue weighted by Crippen LogP contribution is 2.42. The third-order valence-corrected chi connectivity index (χ3v) is 10.2. The molecule has 4 aromatic rings. The number of ether oxygens (including phenoxy) is 3.